The van der Waals surface area contributed by atoms with E-state index in [0.29, 0.717) is 5.92 Å². The number of hydrogen-bond acceptors (Lipinski definition) is 1. The summed E-state index contributed by atoms with van der Waals surface area (Å²) in [4.78, 5) is 10.2. The summed E-state index contributed by atoms with van der Waals surface area (Å²) in [7, 11) is 0. The predicted molar refractivity (Wildman–Crippen MR) is 50.1 cm³/mol. The summed E-state index contributed by atoms with van der Waals surface area (Å²) in [6.45, 7) is 6.25. The van der Waals surface area contributed by atoms with E-state index in [0.717, 1.165) is 12.8 Å². The molecule has 1 unspecified atom stereocenters. The minimum Gasteiger partial charge on any atom is -0.481 e. The van der Waals surface area contributed by atoms with Gasteiger partial charge in [-0.25, -0.2) is 0 Å². The van der Waals surface area contributed by atoms with Crippen LogP contribution in [-0.2, 0) is 4.79 Å². The molecule has 0 saturated carbocycles. The SMILES string of the molecule is CCC(C)=CC(C)CCC(=O)O. The molecule has 0 amide bonds. The molecule has 0 bridgehead atoms. The van der Waals surface area contributed by atoms with Crippen molar-refractivity contribution in [2.24, 2.45) is 5.92 Å². The summed E-state index contributed by atoms with van der Waals surface area (Å²) < 4.78 is 0. The fourth-order valence-electron chi connectivity index (χ4n) is 1.04. The Morgan fingerprint density at radius 1 is 1.58 bits per heavy atom. The molecular weight excluding hydrogens is 152 g/mol. The molecule has 1 atom stereocenters. The van der Waals surface area contributed by atoms with Gasteiger partial charge < -0.3 is 5.11 Å². The van der Waals surface area contributed by atoms with Crippen LogP contribution >= 0.6 is 0 Å². The lowest BCUT2D eigenvalue weighted by molar-refractivity contribution is -0.137. The monoisotopic (exact) mass is 170 g/mol. The van der Waals surface area contributed by atoms with E-state index in [9.17, 15) is 4.79 Å². The van der Waals surface area contributed by atoms with Crippen LogP contribution in [0.2, 0.25) is 0 Å². The topological polar surface area (TPSA) is 37.3 Å². The fraction of sp³-hybridized carbons (Fsp3) is 0.700. The minimum atomic E-state index is -0.704. The highest BCUT2D eigenvalue weighted by Crippen LogP contribution is 2.11. The molecule has 0 aromatic carbocycles. The Morgan fingerprint density at radius 3 is 2.58 bits per heavy atom. The molecule has 0 spiro atoms. The molecule has 0 saturated heterocycles. The van der Waals surface area contributed by atoms with Gasteiger partial charge in [-0.1, -0.05) is 25.5 Å². The summed E-state index contributed by atoms with van der Waals surface area (Å²) in [5, 5.41) is 8.43. The Labute approximate surface area is 74.3 Å². The second kappa shape index (κ2) is 5.81. The second-order valence-electron chi connectivity index (χ2n) is 3.28. The molecule has 2 heteroatoms. The summed E-state index contributed by atoms with van der Waals surface area (Å²) in [6.07, 6.45) is 4.22. The van der Waals surface area contributed by atoms with Gasteiger partial charge in [-0.2, -0.15) is 0 Å². The first-order chi connectivity index (χ1) is 5.56. The van der Waals surface area contributed by atoms with Crippen molar-refractivity contribution in [3.63, 3.8) is 0 Å². The van der Waals surface area contributed by atoms with Crippen LogP contribution in [0.3, 0.4) is 0 Å². The number of carboxylic acids is 1. The molecule has 0 aliphatic heterocycles. The molecule has 1 N–H and O–H groups in total. The van der Waals surface area contributed by atoms with E-state index >= 15 is 0 Å². The first-order valence-electron chi connectivity index (χ1n) is 4.45. The number of carboxylic acid groups (broad SMARTS) is 1. The van der Waals surface area contributed by atoms with Crippen molar-refractivity contribution >= 4 is 5.97 Å². The number of carbonyl (C=O) groups is 1. The lowest BCUT2D eigenvalue weighted by atomic mass is 10.0. The largest absolute Gasteiger partial charge is 0.481 e. The first kappa shape index (κ1) is 11.2. The maximum Gasteiger partial charge on any atom is 0.303 e. The Hall–Kier alpha value is -0.790. The van der Waals surface area contributed by atoms with Gasteiger partial charge in [-0.05, 0) is 25.7 Å². The molecule has 0 aromatic rings. The van der Waals surface area contributed by atoms with Crippen LogP contribution in [0.15, 0.2) is 11.6 Å². The van der Waals surface area contributed by atoms with E-state index in [1.807, 2.05) is 0 Å². The third-order valence-corrected chi connectivity index (χ3v) is 1.94. The average molecular weight is 170 g/mol. The van der Waals surface area contributed by atoms with Gasteiger partial charge in [0.1, 0.15) is 0 Å². The van der Waals surface area contributed by atoms with Gasteiger partial charge in [0, 0.05) is 6.42 Å². The third kappa shape index (κ3) is 5.96. The molecule has 0 heterocycles. The minimum absolute atomic E-state index is 0.272. The zero-order valence-electron chi connectivity index (χ0n) is 8.13. The molecule has 0 fully saturated rings. The van der Waals surface area contributed by atoms with Gasteiger partial charge in [0.05, 0.1) is 0 Å². The highest BCUT2D eigenvalue weighted by atomic mass is 16.4. The van der Waals surface area contributed by atoms with Crippen LogP contribution in [0.1, 0.15) is 40.0 Å². The van der Waals surface area contributed by atoms with E-state index in [1.165, 1.54) is 5.57 Å². The van der Waals surface area contributed by atoms with Crippen LogP contribution in [0, 0.1) is 5.92 Å². The number of aliphatic carboxylic acids is 1. The highest BCUT2D eigenvalue weighted by molar-refractivity contribution is 5.66. The summed E-state index contributed by atoms with van der Waals surface area (Å²) in [5.74, 6) is -0.314. The van der Waals surface area contributed by atoms with Gasteiger partial charge >= 0.3 is 5.97 Å². The van der Waals surface area contributed by atoms with Crippen molar-refractivity contribution < 1.29 is 9.90 Å². The van der Waals surface area contributed by atoms with Crippen molar-refractivity contribution in [3.05, 3.63) is 11.6 Å². The van der Waals surface area contributed by atoms with Crippen molar-refractivity contribution in [1.29, 1.82) is 0 Å². The highest BCUT2D eigenvalue weighted by Gasteiger charge is 2.02. The maximum atomic E-state index is 10.2. The molecule has 12 heavy (non-hydrogen) atoms. The molecule has 0 radical (unpaired) electrons. The van der Waals surface area contributed by atoms with Gasteiger partial charge in [-0.15, -0.1) is 0 Å². The van der Waals surface area contributed by atoms with Gasteiger partial charge in [-0.3, -0.25) is 4.79 Å². The number of rotatable bonds is 5. The zero-order chi connectivity index (χ0) is 9.56. The molecule has 0 rings (SSSR count). The van der Waals surface area contributed by atoms with Crippen molar-refractivity contribution in [2.45, 2.75) is 40.0 Å². The van der Waals surface area contributed by atoms with Gasteiger partial charge in [0.25, 0.3) is 0 Å². The smallest absolute Gasteiger partial charge is 0.303 e. The van der Waals surface area contributed by atoms with E-state index in [2.05, 4.69) is 26.8 Å². The summed E-state index contributed by atoms with van der Waals surface area (Å²) in [5.41, 5.74) is 1.34. The standard InChI is InChI=1S/C10H18O2/c1-4-8(2)7-9(3)5-6-10(11)12/h7,9H,4-6H2,1-3H3,(H,11,12). The third-order valence-electron chi connectivity index (χ3n) is 1.94. The van der Waals surface area contributed by atoms with Crippen LogP contribution in [0.5, 0.6) is 0 Å². The van der Waals surface area contributed by atoms with E-state index in [1.54, 1.807) is 0 Å². The Bertz CT molecular complexity index is 171. The Kier molecular flexibility index (Phi) is 5.43. The maximum absolute atomic E-state index is 10.2. The lowest BCUT2D eigenvalue weighted by Gasteiger charge is -2.05. The van der Waals surface area contributed by atoms with Crippen LogP contribution in [0.4, 0.5) is 0 Å². The quantitative estimate of drug-likeness (QED) is 0.644. The molecule has 0 aliphatic rings. The van der Waals surface area contributed by atoms with Crippen molar-refractivity contribution in [2.75, 3.05) is 0 Å². The molecular formula is C10H18O2. The summed E-state index contributed by atoms with van der Waals surface area (Å²) >= 11 is 0. The summed E-state index contributed by atoms with van der Waals surface area (Å²) in [6, 6.07) is 0. The van der Waals surface area contributed by atoms with Gasteiger partial charge in [0.15, 0.2) is 0 Å². The Balaban J connectivity index is 3.73. The van der Waals surface area contributed by atoms with Crippen molar-refractivity contribution in [1.82, 2.24) is 0 Å². The first-order valence-corrected chi connectivity index (χ1v) is 4.45. The number of allylic oxidation sites excluding steroid dienone is 2. The van der Waals surface area contributed by atoms with E-state index in [-0.39, 0.29) is 6.42 Å². The molecule has 0 aliphatic carbocycles. The van der Waals surface area contributed by atoms with Crippen LogP contribution in [0.25, 0.3) is 0 Å². The molecule has 0 aromatic heterocycles. The van der Waals surface area contributed by atoms with E-state index in [4.69, 9.17) is 5.11 Å². The van der Waals surface area contributed by atoms with Crippen molar-refractivity contribution in [3.8, 4) is 0 Å². The zero-order valence-corrected chi connectivity index (χ0v) is 8.13. The Morgan fingerprint density at radius 2 is 2.17 bits per heavy atom. The fourth-order valence-corrected chi connectivity index (χ4v) is 1.04. The van der Waals surface area contributed by atoms with E-state index < -0.39 is 5.97 Å². The lowest BCUT2D eigenvalue weighted by Crippen LogP contribution is -1.99. The van der Waals surface area contributed by atoms with Crippen LogP contribution in [-0.4, -0.2) is 11.1 Å². The van der Waals surface area contributed by atoms with Gasteiger partial charge in [0.2, 0.25) is 0 Å². The number of hydrogen-bond donors (Lipinski definition) is 1. The average Bonchev–Trinajstić information content (AvgIpc) is 2.00. The molecule has 70 valence electrons. The normalized spacial score (nSPS) is 14.4. The second-order valence-corrected chi connectivity index (χ2v) is 3.28. The molecule has 2 nitrogen and oxygen atoms in total. The van der Waals surface area contributed by atoms with Crippen LogP contribution < -0.4 is 0 Å². The predicted octanol–water partition coefficient (Wildman–Crippen LogP) is 2.84.